The zero-order chi connectivity index (χ0) is 25.4. The standard InChI is InChI=1S/C28H29N3O4S/c1-18-16-31(17-19(2)35-18)26-13-10-21(14-29-26)25-15-30-27-23(6-5-7-24(27)28(25)34-3)20-8-11-22(12-9-20)36(4,32)33/h5-15,18-19H,16-17H2,1-4H3. The van der Waals surface area contributed by atoms with Crippen molar-refractivity contribution in [2.45, 2.75) is 31.0 Å². The monoisotopic (exact) mass is 503 g/mol. The van der Waals surface area contributed by atoms with Gasteiger partial charge in [-0.05, 0) is 49.7 Å². The van der Waals surface area contributed by atoms with Crippen LogP contribution in [0.4, 0.5) is 5.82 Å². The largest absolute Gasteiger partial charge is 0.495 e. The molecule has 2 unspecified atom stereocenters. The van der Waals surface area contributed by atoms with Gasteiger partial charge < -0.3 is 14.4 Å². The molecule has 0 spiro atoms. The van der Waals surface area contributed by atoms with E-state index in [4.69, 9.17) is 19.4 Å². The molecular formula is C28H29N3O4S. The van der Waals surface area contributed by atoms with Gasteiger partial charge in [0.25, 0.3) is 0 Å². The van der Waals surface area contributed by atoms with E-state index < -0.39 is 9.84 Å². The Balaban J connectivity index is 1.52. The molecule has 0 amide bonds. The Bertz CT molecular complexity index is 1490. The topological polar surface area (TPSA) is 81.6 Å². The predicted octanol–water partition coefficient (Wildman–Crippen LogP) is 4.99. The number of aromatic nitrogens is 2. The van der Waals surface area contributed by atoms with Crippen LogP contribution >= 0.6 is 0 Å². The minimum Gasteiger partial charge on any atom is -0.495 e. The maximum Gasteiger partial charge on any atom is 0.175 e. The Morgan fingerprint density at radius 2 is 1.58 bits per heavy atom. The van der Waals surface area contributed by atoms with E-state index >= 15 is 0 Å². The molecule has 1 saturated heterocycles. The van der Waals surface area contributed by atoms with Crippen LogP contribution in [0.2, 0.25) is 0 Å². The van der Waals surface area contributed by atoms with Gasteiger partial charge in [-0.25, -0.2) is 13.4 Å². The second-order valence-electron chi connectivity index (χ2n) is 9.27. The molecule has 2 atom stereocenters. The molecule has 0 saturated carbocycles. The lowest BCUT2D eigenvalue weighted by atomic mass is 9.99. The average molecular weight is 504 g/mol. The second kappa shape index (κ2) is 9.52. The number of morpholine rings is 1. The fourth-order valence-corrected chi connectivity index (χ4v) is 5.47. The summed E-state index contributed by atoms with van der Waals surface area (Å²) in [6.45, 7) is 5.78. The SMILES string of the molecule is COc1c(-c2ccc(N3CC(C)OC(C)C3)nc2)cnc2c(-c3ccc(S(C)(=O)=O)cc3)cccc12. The average Bonchev–Trinajstić information content (AvgIpc) is 2.86. The number of anilines is 1. The maximum atomic E-state index is 11.8. The molecule has 1 fully saturated rings. The number of nitrogens with zero attached hydrogens (tertiary/aromatic N) is 3. The van der Waals surface area contributed by atoms with E-state index in [1.807, 2.05) is 54.9 Å². The molecule has 1 aliphatic heterocycles. The Morgan fingerprint density at radius 1 is 0.889 bits per heavy atom. The van der Waals surface area contributed by atoms with Gasteiger partial charge in [-0.1, -0.05) is 24.3 Å². The second-order valence-corrected chi connectivity index (χ2v) is 11.3. The molecule has 2 aromatic carbocycles. The first-order valence-corrected chi connectivity index (χ1v) is 13.8. The van der Waals surface area contributed by atoms with Crippen molar-refractivity contribution in [1.82, 2.24) is 9.97 Å². The minimum atomic E-state index is -3.26. The highest BCUT2D eigenvalue weighted by Crippen LogP contribution is 2.39. The number of para-hydroxylation sites is 1. The zero-order valence-corrected chi connectivity index (χ0v) is 21.6. The summed E-state index contributed by atoms with van der Waals surface area (Å²) in [5.74, 6) is 1.64. The van der Waals surface area contributed by atoms with Gasteiger partial charge in [-0.2, -0.15) is 0 Å². The summed E-state index contributed by atoms with van der Waals surface area (Å²) in [7, 11) is -1.60. The molecule has 3 heterocycles. The fourth-order valence-electron chi connectivity index (χ4n) is 4.84. The number of pyridine rings is 2. The fraction of sp³-hybridized carbons (Fsp3) is 0.286. The van der Waals surface area contributed by atoms with Crippen LogP contribution in [0.1, 0.15) is 13.8 Å². The van der Waals surface area contributed by atoms with Crippen molar-refractivity contribution in [2.75, 3.05) is 31.4 Å². The van der Waals surface area contributed by atoms with Gasteiger partial charge in [0.1, 0.15) is 11.6 Å². The van der Waals surface area contributed by atoms with E-state index in [2.05, 4.69) is 18.7 Å². The van der Waals surface area contributed by atoms with Crippen LogP contribution in [0, 0.1) is 0 Å². The van der Waals surface area contributed by atoms with Crippen LogP contribution in [0.15, 0.2) is 71.9 Å². The third kappa shape index (κ3) is 4.66. The highest BCUT2D eigenvalue weighted by atomic mass is 32.2. The van der Waals surface area contributed by atoms with E-state index in [0.29, 0.717) is 0 Å². The van der Waals surface area contributed by atoms with Gasteiger partial charge in [0.15, 0.2) is 9.84 Å². The van der Waals surface area contributed by atoms with Gasteiger partial charge in [-0.3, -0.25) is 4.98 Å². The lowest BCUT2D eigenvalue weighted by Gasteiger charge is -2.36. The first-order valence-electron chi connectivity index (χ1n) is 11.9. The lowest BCUT2D eigenvalue weighted by Crippen LogP contribution is -2.45. The molecule has 7 nitrogen and oxygen atoms in total. The van der Waals surface area contributed by atoms with E-state index in [0.717, 1.165) is 57.8 Å². The molecule has 2 aromatic heterocycles. The summed E-state index contributed by atoms with van der Waals surface area (Å²) >= 11 is 0. The van der Waals surface area contributed by atoms with Gasteiger partial charge >= 0.3 is 0 Å². The van der Waals surface area contributed by atoms with E-state index in [-0.39, 0.29) is 17.1 Å². The van der Waals surface area contributed by atoms with Crippen LogP contribution in [-0.4, -0.2) is 57.0 Å². The molecule has 1 aliphatic rings. The van der Waals surface area contributed by atoms with Crippen molar-refractivity contribution in [3.05, 3.63) is 67.0 Å². The van der Waals surface area contributed by atoms with Crippen LogP contribution in [0.3, 0.4) is 0 Å². The minimum absolute atomic E-state index is 0.164. The van der Waals surface area contributed by atoms with Crippen LogP contribution < -0.4 is 9.64 Å². The van der Waals surface area contributed by atoms with Crippen molar-refractivity contribution < 1.29 is 17.9 Å². The molecule has 4 aromatic rings. The number of sulfone groups is 1. The normalized spacial score (nSPS) is 18.4. The zero-order valence-electron chi connectivity index (χ0n) is 20.8. The summed E-state index contributed by atoms with van der Waals surface area (Å²) in [5, 5.41) is 0.875. The molecular weight excluding hydrogens is 474 g/mol. The van der Waals surface area contributed by atoms with Crippen molar-refractivity contribution in [1.29, 1.82) is 0 Å². The highest BCUT2D eigenvalue weighted by molar-refractivity contribution is 7.90. The number of benzene rings is 2. The molecule has 5 rings (SSSR count). The summed E-state index contributed by atoms with van der Waals surface area (Å²) in [4.78, 5) is 12.1. The van der Waals surface area contributed by atoms with E-state index in [9.17, 15) is 8.42 Å². The number of ether oxygens (including phenoxy) is 2. The number of hydrogen-bond donors (Lipinski definition) is 0. The summed E-state index contributed by atoms with van der Waals surface area (Å²) in [5.41, 5.74) is 4.35. The van der Waals surface area contributed by atoms with E-state index in [1.165, 1.54) is 6.26 Å². The highest BCUT2D eigenvalue weighted by Gasteiger charge is 2.23. The Kier molecular flexibility index (Phi) is 6.40. The number of hydrogen-bond acceptors (Lipinski definition) is 7. The van der Waals surface area contributed by atoms with Crippen LogP contribution in [0.25, 0.3) is 33.2 Å². The van der Waals surface area contributed by atoms with Crippen molar-refractivity contribution in [2.24, 2.45) is 0 Å². The Morgan fingerprint density at radius 3 is 2.19 bits per heavy atom. The number of fused-ring (bicyclic) bond motifs is 1. The van der Waals surface area contributed by atoms with Crippen molar-refractivity contribution in [3.63, 3.8) is 0 Å². The molecule has 0 radical (unpaired) electrons. The quantitative estimate of drug-likeness (QED) is 0.379. The molecule has 186 valence electrons. The molecule has 0 aliphatic carbocycles. The van der Waals surface area contributed by atoms with Gasteiger partial charge in [0.05, 0.1) is 29.7 Å². The molecule has 36 heavy (non-hydrogen) atoms. The molecule has 0 bridgehead atoms. The van der Waals surface area contributed by atoms with Gasteiger partial charge in [-0.15, -0.1) is 0 Å². The van der Waals surface area contributed by atoms with E-state index in [1.54, 1.807) is 19.2 Å². The van der Waals surface area contributed by atoms with Gasteiger partial charge in [0.2, 0.25) is 0 Å². The predicted molar refractivity (Wildman–Crippen MR) is 142 cm³/mol. The number of methoxy groups -OCH3 is 1. The van der Waals surface area contributed by atoms with Crippen LogP contribution in [0.5, 0.6) is 5.75 Å². The summed E-state index contributed by atoms with van der Waals surface area (Å²) in [6, 6.07) is 16.9. The molecule has 8 heteroatoms. The summed E-state index contributed by atoms with van der Waals surface area (Å²) < 4.78 is 35.4. The third-order valence-electron chi connectivity index (χ3n) is 6.45. The van der Waals surface area contributed by atoms with Gasteiger partial charge in [0, 0.05) is 53.8 Å². The summed E-state index contributed by atoms with van der Waals surface area (Å²) in [6.07, 6.45) is 5.20. The number of rotatable bonds is 5. The smallest absolute Gasteiger partial charge is 0.175 e. The Labute approximate surface area is 211 Å². The maximum absolute atomic E-state index is 11.8. The third-order valence-corrected chi connectivity index (χ3v) is 7.58. The first kappa shape index (κ1) is 24.2. The Hall–Kier alpha value is -3.49. The van der Waals surface area contributed by atoms with Crippen LogP contribution in [-0.2, 0) is 14.6 Å². The first-order chi connectivity index (χ1) is 17.2. The molecule has 0 N–H and O–H groups in total. The van der Waals surface area contributed by atoms with Crippen molar-refractivity contribution >= 4 is 26.6 Å². The van der Waals surface area contributed by atoms with Crippen molar-refractivity contribution in [3.8, 4) is 28.0 Å². The lowest BCUT2D eigenvalue weighted by molar-refractivity contribution is -0.00545.